The van der Waals surface area contributed by atoms with Crippen LogP contribution < -0.4 is 4.74 Å². The molecule has 1 aliphatic rings. The van der Waals surface area contributed by atoms with E-state index in [9.17, 15) is 8.42 Å². The van der Waals surface area contributed by atoms with E-state index < -0.39 is 16.2 Å². The highest BCUT2D eigenvalue weighted by molar-refractivity contribution is 7.86. The van der Waals surface area contributed by atoms with E-state index in [4.69, 9.17) is 8.92 Å². The Labute approximate surface area is 94.3 Å². The first-order valence-corrected chi connectivity index (χ1v) is 6.87. The molecule has 6 nitrogen and oxygen atoms in total. The molecule has 1 aromatic rings. The van der Waals surface area contributed by atoms with Gasteiger partial charge in [0.2, 0.25) is 5.88 Å². The van der Waals surface area contributed by atoms with Gasteiger partial charge in [-0.2, -0.15) is 13.5 Å². The maximum absolute atomic E-state index is 11.0. The predicted molar refractivity (Wildman–Crippen MR) is 56.8 cm³/mol. The van der Waals surface area contributed by atoms with Crippen molar-refractivity contribution in [1.82, 2.24) is 9.78 Å². The molecule has 0 spiro atoms. The average molecular weight is 246 g/mol. The number of fused-ring (bicyclic) bond motifs is 1. The molecule has 0 aliphatic carbocycles. The van der Waals surface area contributed by atoms with Crippen molar-refractivity contribution in [2.24, 2.45) is 0 Å². The van der Waals surface area contributed by atoms with Crippen molar-refractivity contribution >= 4 is 10.1 Å². The van der Waals surface area contributed by atoms with Crippen LogP contribution in [-0.2, 0) is 27.3 Å². The molecule has 0 saturated carbocycles. The highest BCUT2D eigenvalue weighted by atomic mass is 32.2. The monoisotopic (exact) mass is 246 g/mol. The summed E-state index contributed by atoms with van der Waals surface area (Å²) in [5, 5.41) is 4.27. The van der Waals surface area contributed by atoms with Crippen LogP contribution in [-0.4, -0.2) is 37.2 Å². The van der Waals surface area contributed by atoms with Crippen LogP contribution >= 0.6 is 0 Å². The van der Waals surface area contributed by atoms with Crippen molar-refractivity contribution in [3.05, 3.63) is 11.8 Å². The zero-order valence-electron chi connectivity index (χ0n) is 9.21. The van der Waals surface area contributed by atoms with Crippen LogP contribution in [0.25, 0.3) is 0 Å². The van der Waals surface area contributed by atoms with Crippen LogP contribution in [0.15, 0.2) is 6.07 Å². The summed E-state index contributed by atoms with van der Waals surface area (Å²) in [6, 6.07) is 1.86. The third-order valence-electron chi connectivity index (χ3n) is 2.26. The van der Waals surface area contributed by atoms with Gasteiger partial charge in [0.1, 0.15) is 12.7 Å². The summed E-state index contributed by atoms with van der Waals surface area (Å²) in [4.78, 5) is 0. The summed E-state index contributed by atoms with van der Waals surface area (Å²) in [5.41, 5.74) is 0.926. The van der Waals surface area contributed by atoms with E-state index >= 15 is 0 Å². The zero-order chi connectivity index (χ0) is 11.8. The van der Waals surface area contributed by atoms with Gasteiger partial charge < -0.3 is 4.74 Å². The summed E-state index contributed by atoms with van der Waals surface area (Å²) >= 11 is 0. The van der Waals surface area contributed by atoms with E-state index in [0.717, 1.165) is 18.4 Å². The van der Waals surface area contributed by atoms with Crippen molar-refractivity contribution < 1.29 is 17.3 Å². The van der Waals surface area contributed by atoms with E-state index in [0.29, 0.717) is 12.4 Å². The first kappa shape index (κ1) is 11.4. The van der Waals surface area contributed by atoms with Gasteiger partial charge in [-0.3, -0.25) is 4.18 Å². The summed E-state index contributed by atoms with van der Waals surface area (Å²) in [6.07, 6.45) is 1.36. The minimum Gasteiger partial charge on any atom is -0.475 e. The van der Waals surface area contributed by atoms with E-state index in [1.807, 2.05) is 13.0 Å². The van der Waals surface area contributed by atoms with Crippen molar-refractivity contribution in [1.29, 1.82) is 0 Å². The first-order chi connectivity index (χ1) is 7.48. The maximum atomic E-state index is 11.0. The van der Waals surface area contributed by atoms with Gasteiger partial charge in [0, 0.05) is 6.07 Å². The number of aromatic nitrogens is 2. The third kappa shape index (κ3) is 2.53. The van der Waals surface area contributed by atoms with Crippen LogP contribution in [0.2, 0.25) is 0 Å². The second kappa shape index (κ2) is 4.06. The van der Waals surface area contributed by atoms with Crippen LogP contribution in [0.3, 0.4) is 0 Å². The molecule has 0 unspecified atom stereocenters. The second-order valence-electron chi connectivity index (χ2n) is 3.74. The number of nitrogens with zero attached hydrogens (tertiary/aromatic N) is 2. The lowest BCUT2D eigenvalue weighted by Crippen LogP contribution is -2.34. The van der Waals surface area contributed by atoms with Gasteiger partial charge in [-0.1, -0.05) is 6.92 Å². The molecule has 0 fully saturated rings. The molecule has 16 heavy (non-hydrogen) atoms. The quantitative estimate of drug-likeness (QED) is 0.712. The fourth-order valence-electron chi connectivity index (χ4n) is 1.60. The maximum Gasteiger partial charge on any atom is 0.264 e. The third-order valence-corrected chi connectivity index (χ3v) is 2.88. The van der Waals surface area contributed by atoms with Crippen molar-refractivity contribution in [2.75, 3.05) is 12.9 Å². The van der Waals surface area contributed by atoms with Crippen LogP contribution in [0.4, 0.5) is 0 Å². The molecule has 0 aromatic carbocycles. The molecule has 0 radical (unpaired) electrons. The lowest BCUT2D eigenvalue weighted by atomic mass is 10.3. The molecule has 0 bridgehead atoms. The number of rotatable bonds is 3. The molecule has 0 saturated heterocycles. The molecule has 1 aromatic heterocycles. The lowest BCUT2D eigenvalue weighted by Gasteiger charge is -2.22. The fourth-order valence-corrected chi connectivity index (χ4v) is 2.21. The van der Waals surface area contributed by atoms with E-state index in [1.54, 1.807) is 4.68 Å². The highest BCUT2D eigenvalue weighted by Gasteiger charge is 2.24. The lowest BCUT2D eigenvalue weighted by molar-refractivity contribution is 0.0796. The largest absolute Gasteiger partial charge is 0.475 e. The Morgan fingerprint density at radius 2 is 2.44 bits per heavy atom. The molecule has 1 atom stereocenters. The Kier molecular flexibility index (Phi) is 2.90. The summed E-state index contributed by atoms with van der Waals surface area (Å²) in [6.45, 7) is 2.64. The van der Waals surface area contributed by atoms with Gasteiger partial charge >= 0.3 is 0 Å². The smallest absolute Gasteiger partial charge is 0.264 e. The van der Waals surface area contributed by atoms with Gasteiger partial charge in [0.15, 0.2) is 0 Å². The second-order valence-corrected chi connectivity index (χ2v) is 5.34. The van der Waals surface area contributed by atoms with Crippen LogP contribution in [0.1, 0.15) is 12.6 Å². The van der Waals surface area contributed by atoms with Gasteiger partial charge in [-0.15, -0.1) is 0 Å². The standard InChI is InChI=1S/C9H14N2O4S/c1-3-7-4-9-11(10-7)5-8(6-14-9)15-16(2,12)13/h4,8H,3,5-6H2,1-2H3/t8-/m1/s1. The predicted octanol–water partition coefficient (Wildman–Crippen LogP) is 0.183. The molecule has 90 valence electrons. The molecule has 0 amide bonds. The van der Waals surface area contributed by atoms with Gasteiger partial charge in [-0.25, -0.2) is 4.68 Å². The molecule has 2 heterocycles. The van der Waals surface area contributed by atoms with Crippen molar-refractivity contribution in [3.8, 4) is 5.88 Å². The van der Waals surface area contributed by atoms with Crippen molar-refractivity contribution in [2.45, 2.75) is 26.0 Å². The van der Waals surface area contributed by atoms with E-state index in [2.05, 4.69) is 5.10 Å². The number of hydrogen-bond acceptors (Lipinski definition) is 5. The average Bonchev–Trinajstić information content (AvgIpc) is 2.57. The van der Waals surface area contributed by atoms with Crippen LogP contribution in [0, 0.1) is 0 Å². The SMILES string of the molecule is CCc1cc2n(n1)C[C@@H](OS(C)(=O)=O)CO2. The van der Waals surface area contributed by atoms with E-state index in [-0.39, 0.29) is 6.61 Å². The summed E-state index contributed by atoms with van der Waals surface area (Å²) < 4.78 is 33.8. The topological polar surface area (TPSA) is 70.4 Å². The number of ether oxygens (including phenoxy) is 1. The zero-order valence-corrected chi connectivity index (χ0v) is 10.0. The van der Waals surface area contributed by atoms with Gasteiger partial charge in [0.25, 0.3) is 10.1 Å². The molecule has 0 N–H and O–H groups in total. The van der Waals surface area contributed by atoms with Crippen molar-refractivity contribution in [3.63, 3.8) is 0 Å². The van der Waals surface area contributed by atoms with Crippen LogP contribution in [0.5, 0.6) is 5.88 Å². The highest BCUT2D eigenvalue weighted by Crippen LogP contribution is 2.20. The summed E-state index contributed by atoms with van der Waals surface area (Å²) in [7, 11) is -3.45. The Morgan fingerprint density at radius 1 is 1.69 bits per heavy atom. The molecular weight excluding hydrogens is 232 g/mol. The molecule has 7 heteroatoms. The number of hydrogen-bond donors (Lipinski definition) is 0. The molecule has 2 rings (SSSR count). The minimum absolute atomic E-state index is 0.238. The Balaban J connectivity index is 2.11. The van der Waals surface area contributed by atoms with Gasteiger partial charge in [-0.05, 0) is 6.42 Å². The Hall–Kier alpha value is -1.08. The normalized spacial score (nSPS) is 20.2. The minimum atomic E-state index is -3.45. The van der Waals surface area contributed by atoms with E-state index in [1.165, 1.54) is 0 Å². The molecule has 1 aliphatic heterocycles. The Bertz CT molecular complexity index is 480. The fraction of sp³-hybridized carbons (Fsp3) is 0.667. The first-order valence-electron chi connectivity index (χ1n) is 5.05. The van der Waals surface area contributed by atoms with Gasteiger partial charge in [0.05, 0.1) is 18.5 Å². The summed E-state index contributed by atoms with van der Waals surface area (Å²) in [5.74, 6) is 0.671. The molecular formula is C9H14N2O4S. The Morgan fingerprint density at radius 3 is 3.06 bits per heavy atom. The number of aryl methyl sites for hydroxylation is 1.